The molecule has 0 unspecified atom stereocenters. The minimum Gasteiger partial charge on any atom is -0.468 e. The molecule has 0 spiro atoms. The molecule has 0 radical (unpaired) electrons. The quantitative estimate of drug-likeness (QED) is 0.0247. The largest absolute Gasteiger partial charge is 0.468 e. The van der Waals surface area contributed by atoms with Crippen LogP contribution in [0.5, 0.6) is 0 Å². The van der Waals surface area contributed by atoms with Crippen LogP contribution in [0.2, 0.25) is 0 Å². The molecule has 70 heavy (non-hydrogen) atoms. The first-order valence-corrected chi connectivity index (χ1v) is 29.3. The van der Waals surface area contributed by atoms with E-state index in [0.717, 1.165) is 50.7 Å². The van der Waals surface area contributed by atoms with Crippen molar-refractivity contribution in [2.75, 3.05) is 25.1 Å². The number of aliphatic hydroxyl groups excluding tert-OH is 5. The first-order chi connectivity index (χ1) is 34.1. The maximum absolute atomic E-state index is 14.1. The average Bonchev–Trinajstić information content (AvgIpc) is 3.35. The molecule has 8 atom stereocenters. The fourth-order valence-corrected chi connectivity index (χ4v) is 9.76. The van der Waals surface area contributed by atoms with Crippen LogP contribution in [0, 0.1) is 11.6 Å². The van der Waals surface area contributed by atoms with Gasteiger partial charge in [-0.05, 0) is 43.7 Å². The predicted octanol–water partition coefficient (Wildman–Crippen LogP) is 13.7. The topological polar surface area (TPSA) is 153 Å². The fourth-order valence-electron chi connectivity index (χ4n) is 9.59. The Labute approximate surface area is 430 Å². The Hall–Kier alpha value is -1.55. The van der Waals surface area contributed by atoms with Gasteiger partial charge in [-0.1, -0.05) is 245 Å². The molecule has 7 N–H and O–H groups in total. The lowest BCUT2D eigenvalue weighted by molar-refractivity contribution is -0.302. The molecule has 1 saturated heterocycles. The summed E-state index contributed by atoms with van der Waals surface area (Å²) in [5.74, 6) is -1.75. The van der Waals surface area contributed by atoms with Gasteiger partial charge in [0, 0.05) is 0 Å². The molecule has 1 fully saturated rings. The van der Waals surface area contributed by atoms with Gasteiger partial charge in [0.1, 0.15) is 48.3 Å². The lowest BCUT2D eigenvalue weighted by Gasteiger charge is -2.40. The van der Waals surface area contributed by atoms with E-state index in [9.17, 15) is 34.3 Å². The number of halogens is 2. The van der Waals surface area contributed by atoms with Crippen LogP contribution in [0.15, 0.2) is 18.2 Å². The summed E-state index contributed by atoms with van der Waals surface area (Å²) in [6.45, 7) is 4.51. The summed E-state index contributed by atoms with van der Waals surface area (Å²) in [6.07, 6.45) is 37.0. The Morgan fingerprint density at radius 1 is 0.571 bits per heavy atom. The van der Waals surface area contributed by atoms with Crippen LogP contribution in [0.1, 0.15) is 251 Å². The van der Waals surface area contributed by atoms with E-state index in [4.69, 9.17) is 26.4 Å². The van der Waals surface area contributed by atoms with Crippen molar-refractivity contribution in [3.05, 3.63) is 29.8 Å². The molecule has 1 aliphatic heterocycles. The number of thiocarbonyl (C=S) groups is 1. The van der Waals surface area contributed by atoms with Crippen molar-refractivity contribution in [2.45, 2.75) is 300 Å². The Bertz CT molecular complexity index is 1350. The van der Waals surface area contributed by atoms with Gasteiger partial charge >= 0.3 is 0 Å². The second-order valence-electron chi connectivity index (χ2n) is 20.6. The van der Waals surface area contributed by atoms with Crippen molar-refractivity contribution >= 4 is 23.1 Å². The van der Waals surface area contributed by atoms with Gasteiger partial charge in [-0.15, -0.1) is 0 Å². The minimum absolute atomic E-state index is 0.166. The second-order valence-corrected chi connectivity index (χ2v) is 21.0. The summed E-state index contributed by atoms with van der Waals surface area (Å²) in [7, 11) is 0. The second kappa shape index (κ2) is 43.8. The molecule has 0 aliphatic carbocycles. The number of hydrogen-bond donors (Lipinski definition) is 7. The smallest absolute Gasteiger partial charge is 0.261 e. The van der Waals surface area contributed by atoms with Crippen LogP contribution in [0.4, 0.5) is 14.5 Å². The number of unbranched alkanes of at least 4 members (excludes halogenated alkanes) is 34. The SMILES string of the molecule is CCCCCCCCCCCCCCCCCCCCCCCCCCN[C@@H](CO[C@H]1O[C@H](COC(=S)Nc2c(F)cccc2F)[C@H](O)[C@H](O)[C@H]1O)[C@H](O)[C@H](O)CCCCCCCCCCCCCC. The summed E-state index contributed by atoms with van der Waals surface area (Å²) in [4.78, 5) is 0. The van der Waals surface area contributed by atoms with Crippen molar-refractivity contribution in [3.8, 4) is 0 Å². The number of hydrogen-bond acceptors (Lipinski definition) is 10. The lowest BCUT2D eigenvalue weighted by Crippen LogP contribution is -2.60. The molecule has 0 aromatic heterocycles. The first-order valence-electron chi connectivity index (χ1n) is 28.9. The molecule has 2 rings (SSSR count). The van der Waals surface area contributed by atoms with E-state index in [0.29, 0.717) is 13.0 Å². The molecule has 410 valence electrons. The van der Waals surface area contributed by atoms with Crippen molar-refractivity contribution in [2.24, 2.45) is 0 Å². The standard InChI is InChI=1S/C57H104F2N2O8S/c1-3-5-7-9-11-13-15-17-18-19-20-21-22-23-24-25-26-27-28-30-32-34-36-38-43-60-48(52(63)49(62)42-37-35-33-31-29-16-14-12-10-8-6-4-2)44-67-56-55(66)54(65)53(64)50(69-56)45-68-57(70)61-51-46(58)40-39-41-47(51)59/h39-41,48-50,52-56,60,62-66H,3-38,42-45H2,1-2H3,(H,61,70)/t48-,49+,50+,52-,53-,54-,55+,56-/m0/s1. The summed E-state index contributed by atoms with van der Waals surface area (Å²) >= 11 is 5.09. The van der Waals surface area contributed by atoms with Crippen molar-refractivity contribution < 1.29 is 48.5 Å². The van der Waals surface area contributed by atoms with Gasteiger partial charge in [-0.25, -0.2) is 8.78 Å². The van der Waals surface area contributed by atoms with Crippen molar-refractivity contribution in [3.63, 3.8) is 0 Å². The van der Waals surface area contributed by atoms with Crippen LogP contribution in [-0.4, -0.2) is 99.4 Å². The van der Waals surface area contributed by atoms with E-state index in [1.807, 2.05) is 0 Å². The van der Waals surface area contributed by atoms with Crippen LogP contribution >= 0.6 is 12.2 Å². The van der Waals surface area contributed by atoms with Gasteiger partial charge in [-0.3, -0.25) is 0 Å². The Morgan fingerprint density at radius 2 is 0.957 bits per heavy atom. The molecule has 1 aromatic rings. The molecule has 10 nitrogen and oxygen atoms in total. The fraction of sp³-hybridized carbons (Fsp3) is 0.877. The molecule has 0 saturated carbocycles. The molecule has 0 bridgehead atoms. The maximum Gasteiger partial charge on any atom is 0.261 e. The zero-order chi connectivity index (χ0) is 50.9. The zero-order valence-corrected chi connectivity index (χ0v) is 45.1. The molecule has 1 aliphatic rings. The van der Waals surface area contributed by atoms with E-state index < -0.39 is 78.1 Å². The number of benzene rings is 1. The van der Waals surface area contributed by atoms with E-state index in [1.165, 1.54) is 199 Å². The summed E-state index contributed by atoms with van der Waals surface area (Å²) in [5.41, 5.74) is -0.501. The number of nitrogens with one attached hydrogen (secondary N) is 2. The van der Waals surface area contributed by atoms with Crippen LogP contribution in [0.25, 0.3) is 0 Å². The van der Waals surface area contributed by atoms with E-state index >= 15 is 0 Å². The number of ether oxygens (including phenoxy) is 3. The summed E-state index contributed by atoms with van der Waals surface area (Å²) < 4.78 is 45.5. The highest BCUT2D eigenvalue weighted by molar-refractivity contribution is 7.80. The van der Waals surface area contributed by atoms with Gasteiger partial charge in [0.25, 0.3) is 5.17 Å². The average molecular weight is 1020 g/mol. The molecule has 0 amide bonds. The molecule has 1 aromatic carbocycles. The van der Waals surface area contributed by atoms with Crippen molar-refractivity contribution in [1.82, 2.24) is 5.32 Å². The van der Waals surface area contributed by atoms with E-state index in [2.05, 4.69) is 24.5 Å². The van der Waals surface area contributed by atoms with E-state index in [-0.39, 0.29) is 6.61 Å². The van der Waals surface area contributed by atoms with Gasteiger partial charge in [-0.2, -0.15) is 0 Å². The van der Waals surface area contributed by atoms with Crippen LogP contribution < -0.4 is 10.6 Å². The lowest BCUT2D eigenvalue weighted by atomic mass is 9.98. The third-order valence-corrected chi connectivity index (χ3v) is 14.5. The number of para-hydroxylation sites is 1. The van der Waals surface area contributed by atoms with Crippen LogP contribution in [0.3, 0.4) is 0 Å². The van der Waals surface area contributed by atoms with E-state index in [1.54, 1.807) is 0 Å². The number of rotatable bonds is 47. The first kappa shape index (κ1) is 64.6. The zero-order valence-electron chi connectivity index (χ0n) is 44.3. The maximum atomic E-state index is 14.1. The third-order valence-electron chi connectivity index (χ3n) is 14.3. The molecular formula is C57H104F2N2O8S. The normalized spacial score (nSPS) is 19.6. The van der Waals surface area contributed by atoms with Gasteiger partial charge in [0.05, 0.1) is 24.9 Å². The van der Waals surface area contributed by atoms with Crippen molar-refractivity contribution in [1.29, 1.82) is 0 Å². The summed E-state index contributed by atoms with van der Waals surface area (Å²) in [5, 5.41) is 60.1. The Morgan fingerprint density at radius 3 is 1.37 bits per heavy atom. The van der Waals surface area contributed by atoms with Crippen LogP contribution in [-0.2, 0) is 14.2 Å². The highest BCUT2D eigenvalue weighted by atomic mass is 32.1. The highest BCUT2D eigenvalue weighted by Crippen LogP contribution is 2.25. The third kappa shape index (κ3) is 31.2. The van der Waals surface area contributed by atoms with Gasteiger partial charge < -0.3 is 50.4 Å². The summed E-state index contributed by atoms with van der Waals surface area (Å²) in [6, 6.07) is 2.62. The van der Waals surface area contributed by atoms with Gasteiger partial charge in [0.2, 0.25) is 0 Å². The Kier molecular flexibility index (Phi) is 40.4. The number of aliphatic hydroxyl groups is 5. The molecule has 1 heterocycles. The molecule has 13 heteroatoms. The highest BCUT2D eigenvalue weighted by Gasteiger charge is 2.45. The minimum atomic E-state index is -1.68. The molecular weight excluding hydrogens is 911 g/mol. The monoisotopic (exact) mass is 1010 g/mol. The predicted molar refractivity (Wildman–Crippen MR) is 287 cm³/mol. The number of anilines is 1. The van der Waals surface area contributed by atoms with Gasteiger partial charge in [0.15, 0.2) is 6.29 Å². The Balaban J connectivity index is 1.70.